The number of likely N-dealkylation sites (N-methyl/N-ethyl adjacent to an activating group) is 2. The van der Waals surface area contributed by atoms with E-state index < -0.39 is 12.2 Å². The first-order valence-corrected chi connectivity index (χ1v) is 17.1. The van der Waals surface area contributed by atoms with Crippen molar-refractivity contribution in [3.63, 3.8) is 0 Å². The molecule has 0 radical (unpaired) electrons. The summed E-state index contributed by atoms with van der Waals surface area (Å²) in [7, 11) is 8.19. The van der Waals surface area contributed by atoms with Crippen LogP contribution in [0.2, 0.25) is 0 Å². The van der Waals surface area contributed by atoms with Crippen LogP contribution in [0.3, 0.4) is 0 Å². The minimum Gasteiger partial charge on any atom is -0.385 e. The van der Waals surface area contributed by atoms with Crippen molar-refractivity contribution >= 4 is 0 Å². The van der Waals surface area contributed by atoms with Crippen molar-refractivity contribution in [2.45, 2.75) is 12.2 Å². The summed E-state index contributed by atoms with van der Waals surface area (Å²) in [4.78, 5) is 0. The molecule has 0 bridgehead atoms. The lowest BCUT2D eigenvalue weighted by atomic mass is 10.3. The molecule has 0 aromatic carbocycles. The fourth-order valence-corrected chi connectivity index (χ4v) is 4.41. The van der Waals surface area contributed by atoms with Crippen molar-refractivity contribution in [3.05, 3.63) is 25.3 Å². The maximum Gasteiger partial charge on any atom is 0.126 e. The van der Waals surface area contributed by atoms with E-state index in [9.17, 15) is 10.2 Å². The van der Waals surface area contributed by atoms with E-state index in [1.54, 1.807) is 0 Å². The van der Waals surface area contributed by atoms with E-state index in [-0.39, 0.29) is 0 Å². The number of ether oxygens (including phenoxy) is 10. The maximum absolute atomic E-state index is 10.1. The van der Waals surface area contributed by atoms with Gasteiger partial charge in [0, 0.05) is 0 Å². The Morgan fingerprint density at radius 3 is 0.771 bits per heavy atom. The number of aliphatic hydroxyl groups is 2. The molecule has 0 aliphatic heterocycles. The number of hydrogen-bond donors (Lipinski definition) is 2. The molecule has 14 heteroatoms. The van der Waals surface area contributed by atoms with Gasteiger partial charge in [-0.05, 0) is 12.2 Å². The molecule has 14 nitrogen and oxygen atoms in total. The quantitative estimate of drug-likeness (QED) is 0.0524. The molecule has 0 saturated carbocycles. The Labute approximate surface area is 290 Å². The second-order valence-corrected chi connectivity index (χ2v) is 12.5. The summed E-state index contributed by atoms with van der Waals surface area (Å²) in [5, 5.41) is 20.1. The van der Waals surface area contributed by atoms with Gasteiger partial charge < -0.3 is 66.5 Å². The van der Waals surface area contributed by atoms with Crippen LogP contribution in [-0.2, 0) is 47.4 Å². The van der Waals surface area contributed by atoms with Crippen LogP contribution in [0.25, 0.3) is 0 Å². The largest absolute Gasteiger partial charge is 0.385 e. The third-order valence-electron chi connectivity index (χ3n) is 6.63. The monoisotopic (exact) mass is 698 g/mol. The van der Waals surface area contributed by atoms with Crippen LogP contribution in [0.1, 0.15) is 0 Å². The van der Waals surface area contributed by atoms with Gasteiger partial charge in [0.15, 0.2) is 0 Å². The third-order valence-corrected chi connectivity index (χ3v) is 6.63. The van der Waals surface area contributed by atoms with E-state index in [1.165, 1.54) is 0 Å². The average molecular weight is 699 g/mol. The molecule has 0 aromatic rings. The van der Waals surface area contributed by atoms with E-state index in [2.05, 4.69) is 13.2 Å². The molecule has 0 rings (SSSR count). The van der Waals surface area contributed by atoms with E-state index in [4.69, 9.17) is 47.4 Å². The predicted octanol–water partition coefficient (Wildman–Crippen LogP) is 0.399. The highest BCUT2D eigenvalue weighted by Gasteiger charge is 2.20. The minimum absolute atomic E-state index is 0.291. The summed E-state index contributed by atoms with van der Waals surface area (Å²) in [5.74, 6) is 0. The second kappa shape index (κ2) is 33.1. The van der Waals surface area contributed by atoms with E-state index in [0.29, 0.717) is 154 Å². The maximum atomic E-state index is 10.1. The lowest BCUT2D eigenvalue weighted by Crippen LogP contribution is -2.46. The summed E-state index contributed by atoms with van der Waals surface area (Å²) in [6, 6.07) is 0. The van der Waals surface area contributed by atoms with Gasteiger partial charge in [0.1, 0.15) is 25.3 Å². The number of rotatable bonds is 39. The Bertz CT molecular complexity index is 660. The highest BCUT2D eigenvalue weighted by molar-refractivity contribution is 4.66. The number of aliphatic hydroxyl groups excluding tert-OH is 2. The Balaban J connectivity index is 3.22. The summed E-state index contributed by atoms with van der Waals surface area (Å²) < 4.78 is 56.1. The second-order valence-electron chi connectivity index (χ2n) is 12.5. The van der Waals surface area contributed by atoms with E-state index in [1.807, 2.05) is 40.3 Å². The highest BCUT2D eigenvalue weighted by Crippen LogP contribution is 2.02. The molecular weight excluding hydrogens is 628 g/mol. The first kappa shape index (κ1) is 46.9. The summed E-state index contributed by atoms with van der Waals surface area (Å²) in [6.45, 7) is 19.5. The SMILES string of the molecule is C=CC[N+](C)(C)CC(O)COCCOCCOCCOCCOCCOCCOCCOCCOCCOCC(O)C[N+](C)(C)CC=C. The number of quaternary nitrogens is 2. The van der Waals surface area contributed by atoms with Crippen molar-refractivity contribution in [1.29, 1.82) is 0 Å². The standard InChI is InChI=1S/C34H70N2O12/c1-7-9-35(3,4)29-33(37)31-47-27-25-45-23-21-43-19-17-41-15-13-39-11-12-40-14-16-42-18-20-44-22-24-46-26-28-48-32-34(38)30-36(5,6)10-8-2/h7-8,33-34,37-38H,1-2,9-32H2,3-6H3/q+2. The van der Waals surface area contributed by atoms with Gasteiger partial charge in [-0.15, -0.1) is 0 Å². The topological polar surface area (TPSA) is 133 Å². The molecular formula is C34H70N2O12+2. The van der Waals surface area contributed by atoms with Crippen molar-refractivity contribution in [2.24, 2.45) is 0 Å². The normalized spacial score (nSPS) is 13.5. The first-order valence-electron chi connectivity index (χ1n) is 17.1. The van der Waals surface area contributed by atoms with Crippen LogP contribution in [0, 0.1) is 0 Å². The molecule has 2 unspecified atom stereocenters. The number of nitrogens with zero attached hydrogens (tertiary/aromatic N) is 2. The zero-order chi connectivity index (χ0) is 35.6. The lowest BCUT2D eigenvalue weighted by molar-refractivity contribution is -0.887. The molecule has 48 heavy (non-hydrogen) atoms. The number of hydrogen-bond acceptors (Lipinski definition) is 12. The van der Waals surface area contributed by atoms with Crippen molar-refractivity contribution in [1.82, 2.24) is 0 Å². The van der Waals surface area contributed by atoms with Crippen molar-refractivity contribution < 1.29 is 66.5 Å². The Kier molecular flexibility index (Phi) is 32.3. The lowest BCUT2D eigenvalue weighted by Gasteiger charge is -2.30. The van der Waals surface area contributed by atoms with Crippen molar-refractivity contribution in [2.75, 3.05) is 187 Å². The van der Waals surface area contributed by atoms with Gasteiger partial charge in [0.2, 0.25) is 0 Å². The van der Waals surface area contributed by atoms with E-state index >= 15 is 0 Å². The molecule has 286 valence electrons. The van der Waals surface area contributed by atoms with Crippen molar-refractivity contribution in [3.8, 4) is 0 Å². The van der Waals surface area contributed by atoms with Gasteiger partial charge in [0.25, 0.3) is 0 Å². The predicted molar refractivity (Wildman–Crippen MR) is 184 cm³/mol. The van der Waals surface area contributed by atoms with Gasteiger partial charge in [-0.2, -0.15) is 0 Å². The van der Waals surface area contributed by atoms with Crippen LogP contribution < -0.4 is 0 Å². The Morgan fingerprint density at radius 1 is 0.396 bits per heavy atom. The average Bonchev–Trinajstić information content (AvgIpc) is 3.01. The molecule has 2 atom stereocenters. The fraction of sp³-hybridized carbons (Fsp3) is 0.882. The highest BCUT2D eigenvalue weighted by atomic mass is 16.6. The molecule has 2 N–H and O–H groups in total. The first-order chi connectivity index (χ1) is 23.1. The van der Waals surface area contributed by atoms with Gasteiger partial charge in [-0.1, -0.05) is 13.2 Å². The molecule has 0 fully saturated rings. The van der Waals surface area contributed by atoms with Crippen LogP contribution in [0.5, 0.6) is 0 Å². The smallest absolute Gasteiger partial charge is 0.126 e. The Morgan fingerprint density at radius 2 is 0.583 bits per heavy atom. The summed E-state index contributed by atoms with van der Waals surface area (Å²) >= 11 is 0. The molecule has 0 aliphatic rings. The third kappa shape index (κ3) is 34.8. The molecule has 0 aromatic heterocycles. The van der Waals surface area contributed by atoms with Crippen LogP contribution >= 0.6 is 0 Å². The molecule has 0 aliphatic carbocycles. The molecule has 0 heterocycles. The summed E-state index contributed by atoms with van der Waals surface area (Å²) in [6.07, 6.45) is 2.68. The summed E-state index contributed by atoms with van der Waals surface area (Å²) in [5.41, 5.74) is 0. The fourth-order valence-electron chi connectivity index (χ4n) is 4.41. The van der Waals surface area contributed by atoms with Gasteiger partial charge in [-0.25, -0.2) is 0 Å². The van der Waals surface area contributed by atoms with E-state index in [0.717, 1.165) is 13.1 Å². The minimum atomic E-state index is -0.514. The molecule has 0 spiro atoms. The molecule has 0 saturated heterocycles. The Hall–Kier alpha value is -1.08. The van der Waals surface area contributed by atoms with Crippen LogP contribution in [-0.4, -0.2) is 218 Å². The zero-order valence-corrected chi connectivity index (χ0v) is 30.6. The molecule has 0 amide bonds. The van der Waals surface area contributed by atoms with Gasteiger partial charge >= 0.3 is 0 Å². The van der Waals surface area contributed by atoms with Crippen LogP contribution in [0.4, 0.5) is 0 Å². The zero-order valence-electron chi connectivity index (χ0n) is 30.6. The van der Waals surface area contributed by atoms with Gasteiger partial charge in [0.05, 0.1) is 173 Å². The van der Waals surface area contributed by atoms with Crippen LogP contribution in [0.15, 0.2) is 25.3 Å². The van der Waals surface area contributed by atoms with Gasteiger partial charge in [-0.3, -0.25) is 0 Å².